The standard InChI is InChI=1S/C14H11ClF3NO3S/c1-22-12-4-3-11(15)6-9(12)8-23(20,21)13-5-2-10(7-19-13)14(16,17)18/h2-7H,8H2,1H3. The molecular weight excluding hydrogens is 355 g/mol. The van der Waals surface area contributed by atoms with Gasteiger partial charge in [-0.2, -0.15) is 13.2 Å². The molecule has 0 spiro atoms. The summed E-state index contributed by atoms with van der Waals surface area (Å²) in [6.45, 7) is 0. The van der Waals surface area contributed by atoms with Crippen LogP contribution in [-0.4, -0.2) is 20.5 Å². The molecule has 2 aromatic rings. The molecule has 0 bridgehead atoms. The molecule has 1 aromatic heterocycles. The van der Waals surface area contributed by atoms with Gasteiger partial charge in [0.05, 0.1) is 18.4 Å². The number of pyridine rings is 1. The number of rotatable bonds is 4. The van der Waals surface area contributed by atoms with Crippen LogP contribution >= 0.6 is 11.6 Å². The minimum atomic E-state index is -4.58. The molecular formula is C14H11ClF3NO3S. The predicted molar refractivity (Wildman–Crippen MR) is 78.1 cm³/mol. The molecule has 0 atom stereocenters. The predicted octanol–water partition coefficient (Wildman–Crippen LogP) is 3.74. The van der Waals surface area contributed by atoms with Gasteiger partial charge in [0.2, 0.25) is 0 Å². The van der Waals surface area contributed by atoms with Crippen molar-refractivity contribution in [2.24, 2.45) is 0 Å². The maximum Gasteiger partial charge on any atom is 0.417 e. The Balaban J connectivity index is 2.34. The molecule has 0 aliphatic heterocycles. The van der Waals surface area contributed by atoms with Crippen LogP contribution in [-0.2, 0) is 21.8 Å². The quantitative estimate of drug-likeness (QED) is 0.828. The van der Waals surface area contributed by atoms with Gasteiger partial charge < -0.3 is 4.74 Å². The number of alkyl halides is 3. The van der Waals surface area contributed by atoms with Gasteiger partial charge in [-0.1, -0.05) is 11.6 Å². The van der Waals surface area contributed by atoms with Crippen LogP contribution in [0.3, 0.4) is 0 Å². The van der Waals surface area contributed by atoms with Crippen LogP contribution in [0.4, 0.5) is 13.2 Å². The number of halogens is 4. The van der Waals surface area contributed by atoms with E-state index in [1.54, 1.807) is 0 Å². The number of aromatic nitrogens is 1. The Morgan fingerprint density at radius 3 is 2.43 bits per heavy atom. The summed E-state index contributed by atoms with van der Waals surface area (Å²) in [5.41, 5.74) is -0.724. The lowest BCUT2D eigenvalue weighted by molar-refractivity contribution is -0.137. The molecule has 1 aromatic carbocycles. The van der Waals surface area contributed by atoms with Crippen LogP contribution in [0.25, 0.3) is 0 Å². The zero-order valence-corrected chi connectivity index (χ0v) is 13.3. The molecule has 0 N–H and O–H groups in total. The van der Waals surface area contributed by atoms with E-state index in [0.29, 0.717) is 28.6 Å². The Morgan fingerprint density at radius 2 is 1.91 bits per heavy atom. The smallest absolute Gasteiger partial charge is 0.417 e. The van der Waals surface area contributed by atoms with Crippen molar-refractivity contribution in [1.29, 1.82) is 0 Å². The lowest BCUT2D eigenvalue weighted by atomic mass is 10.2. The highest BCUT2D eigenvalue weighted by Crippen LogP contribution is 2.30. The number of hydrogen-bond donors (Lipinski definition) is 0. The van der Waals surface area contributed by atoms with Crippen LogP contribution in [0.5, 0.6) is 5.75 Å². The average Bonchev–Trinajstić information content (AvgIpc) is 2.46. The van der Waals surface area contributed by atoms with E-state index < -0.39 is 32.4 Å². The molecule has 124 valence electrons. The lowest BCUT2D eigenvalue weighted by Crippen LogP contribution is -2.10. The first-order chi connectivity index (χ1) is 10.6. The first-order valence-electron chi connectivity index (χ1n) is 6.22. The molecule has 1 heterocycles. The van der Waals surface area contributed by atoms with Crippen LogP contribution in [0.2, 0.25) is 5.02 Å². The molecule has 0 saturated carbocycles. The van der Waals surface area contributed by atoms with Gasteiger partial charge in [-0.15, -0.1) is 0 Å². The molecule has 0 unspecified atom stereocenters. The summed E-state index contributed by atoms with van der Waals surface area (Å²) >= 11 is 5.83. The van der Waals surface area contributed by atoms with E-state index in [1.807, 2.05) is 0 Å². The van der Waals surface area contributed by atoms with E-state index in [9.17, 15) is 21.6 Å². The zero-order valence-electron chi connectivity index (χ0n) is 11.8. The Labute approximate surface area is 135 Å². The molecule has 4 nitrogen and oxygen atoms in total. The number of sulfone groups is 1. The second kappa shape index (κ2) is 6.37. The molecule has 0 saturated heterocycles. The van der Waals surface area contributed by atoms with E-state index in [-0.39, 0.29) is 0 Å². The van der Waals surface area contributed by atoms with Crippen molar-refractivity contribution in [2.45, 2.75) is 17.0 Å². The Hall–Kier alpha value is -1.80. The summed E-state index contributed by atoms with van der Waals surface area (Å²) in [5.74, 6) is -0.181. The second-order valence-electron chi connectivity index (χ2n) is 4.60. The highest BCUT2D eigenvalue weighted by Gasteiger charge is 2.31. The summed E-state index contributed by atoms with van der Waals surface area (Å²) in [6.07, 6.45) is -4.09. The summed E-state index contributed by atoms with van der Waals surface area (Å²) in [4.78, 5) is 3.41. The largest absolute Gasteiger partial charge is 0.496 e. The maximum atomic E-state index is 12.5. The molecule has 23 heavy (non-hydrogen) atoms. The van der Waals surface area contributed by atoms with E-state index in [4.69, 9.17) is 16.3 Å². The molecule has 0 fully saturated rings. The number of nitrogens with zero attached hydrogens (tertiary/aromatic N) is 1. The van der Waals surface area contributed by atoms with Gasteiger partial charge >= 0.3 is 6.18 Å². The van der Waals surface area contributed by atoms with E-state index in [1.165, 1.54) is 25.3 Å². The van der Waals surface area contributed by atoms with Crippen LogP contribution in [0, 0.1) is 0 Å². The van der Waals surface area contributed by atoms with Gasteiger partial charge in [-0.3, -0.25) is 0 Å². The van der Waals surface area contributed by atoms with Crippen LogP contribution in [0.15, 0.2) is 41.6 Å². The molecule has 2 rings (SSSR count). The number of hydrogen-bond acceptors (Lipinski definition) is 4. The van der Waals surface area contributed by atoms with Crippen LogP contribution in [0.1, 0.15) is 11.1 Å². The van der Waals surface area contributed by atoms with Crippen molar-refractivity contribution in [3.8, 4) is 5.75 Å². The fraction of sp³-hybridized carbons (Fsp3) is 0.214. The topological polar surface area (TPSA) is 56.3 Å². The van der Waals surface area contributed by atoms with E-state index in [2.05, 4.69) is 4.98 Å². The number of methoxy groups -OCH3 is 1. The third-order valence-corrected chi connectivity index (χ3v) is 4.78. The maximum absolute atomic E-state index is 12.5. The number of ether oxygens (including phenoxy) is 1. The first kappa shape index (κ1) is 17.6. The fourth-order valence-corrected chi connectivity index (χ4v) is 3.34. The van der Waals surface area contributed by atoms with Crippen molar-refractivity contribution in [2.75, 3.05) is 7.11 Å². The summed E-state index contributed by atoms with van der Waals surface area (Å²) in [6, 6.07) is 5.96. The molecule has 0 aliphatic carbocycles. The SMILES string of the molecule is COc1ccc(Cl)cc1CS(=O)(=O)c1ccc(C(F)(F)F)cn1. The van der Waals surface area contributed by atoms with Gasteiger partial charge in [0.1, 0.15) is 5.75 Å². The Bertz CT molecular complexity index is 805. The van der Waals surface area contributed by atoms with Gasteiger partial charge in [0.15, 0.2) is 14.9 Å². The normalized spacial score (nSPS) is 12.2. The molecule has 9 heteroatoms. The summed E-state index contributed by atoms with van der Waals surface area (Å²) in [7, 11) is -2.57. The van der Waals surface area contributed by atoms with Gasteiger partial charge in [0, 0.05) is 16.8 Å². The van der Waals surface area contributed by atoms with Crippen molar-refractivity contribution in [3.63, 3.8) is 0 Å². The minimum absolute atomic E-state index is 0.293. The Kier molecular flexibility index (Phi) is 4.86. The molecule has 0 radical (unpaired) electrons. The van der Waals surface area contributed by atoms with E-state index >= 15 is 0 Å². The highest BCUT2D eigenvalue weighted by molar-refractivity contribution is 7.90. The summed E-state index contributed by atoms with van der Waals surface area (Å²) in [5, 5.41) is -0.135. The zero-order chi connectivity index (χ0) is 17.3. The minimum Gasteiger partial charge on any atom is -0.496 e. The lowest BCUT2D eigenvalue weighted by Gasteiger charge is -2.10. The monoisotopic (exact) mass is 365 g/mol. The van der Waals surface area contributed by atoms with E-state index in [0.717, 1.165) is 6.07 Å². The van der Waals surface area contributed by atoms with Crippen molar-refractivity contribution < 1.29 is 26.3 Å². The average molecular weight is 366 g/mol. The molecule has 0 amide bonds. The fourth-order valence-electron chi connectivity index (χ4n) is 1.87. The Morgan fingerprint density at radius 1 is 1.22 bits per heavy atom. The second-order valence-corrected chi connectivity index (χ2v) is 6.97. The van der Waals surface area contributed by atoms with Crippen molar-refractivity contribution in [1.82, 2.24) is 4.98 Å². The van der Waals surface area contributed by atoms with Crippen molar-refractivity contribution in [3.05, 3.63) is 52.7 Å². The van der Waals surface area contributed by atoms with Gasteiger partial charge in [-0.25, -0.2) is 13.4 Å². The summed E-state index contributed by atoms with van der Waals surface area (Å²) < 4.78 is 67.1. The van der Waals surface area contributed by atoms with Gasteiger partial charge in [-0.05, 0) is 30.3 Å². The third kappa shape index (κ3) is 4.14. The highest BCUT2D eigenvalue weighted by atomic mass is 35.5. The van der Waals surface area contributed by atoms with Gasteiger partial charge in [0.25, 0.3) is 0 Å². The number of benzene rings is 1. The molecule has 0 aliphatic rings. The third-order valence-electron chi connectivity index (χ3n) is 2.97. The first-order valence-corrected chi connectivity index (χ1v) is 8.25. The van der Waals surface area contributed by atoms with Crippen molar-refractivity contribution >= 4 is 21.4 Å². The van der Waals surface area contributed by atoms with Crippen LogP contribution < -0.4 is 4.74 Å².